The summed E-state index contributed by atoms with van der Waals surface area (Å²) in [5.74, 6) is 0.742. The second-order valence-electron chi connectivity index (χ2n) is 4.90. The van der Waals surface area contributed by atoms with Crippen LogP contribution in [-0.2, 0) is 9.59 Å². The molecule has 1 fully saturated rings. The molecule has 0 aliphatic carbocycles. The van der Waals surface area contributed by atoms with Gasteiger partial charge in [-0.05, 0) is 12.1 Å². The lowest BCUT2D eigenvalue weighted by molar-refractivity contribution is -0.117. The number of anilines is 1. The Balaban J connectivity index is 1.81. The van der Waals surface area contributed by atoms with E-state index in [1.807, 2.05) is 18.2 Å². The first kappa shape index (κ1) is 15.1. The number of nitrogens with zero attached hydrogens (tertiary/aromatic N) is 3. The first-order valence-corrected chi connectivity index (χ1v) is 7.95. The van der Waals surface area contributed by atoms with Crippen molar-refractivity contribution in [2.75, 3.05) is 11.4 Å². The number of nitrogens with one attached hydrogen (secondary N) is 1. The molecule has 1 aliphatic heterocycles. The van der Waals surface area contributed by atoms with E-state index in [0.717, 1.165) is 5.56 Å². The summed E-state index contributed by atoms with van der Waals surface area (Å²) in [6.45, 7) is 1.93. The lowest BCUT2D eigenvalue weighted by Crippen LogP contribution is -2.26. The molecule has 1 aromatic carbocycles. The van der Waals surface area contributed by atoms with Gasteiger partial charge in [-0.25, -0.2) is 0 Å². The fourth-order valence-corrected chi connectivity index (χ4v) is 3.47. The number of hydrogen-bond acceptors (Lipinski definition) is 5. The summed E-state index contributed by atoms with van der Waals surface area (Å²) in [5, 5.41) is 7.41. The Morgan fingerprint density at radius 3 is 2.95 bits per heavy atom. The minimum Gasteiger partial charge on any atom is -0.288 e. The highest BCUT2D eigenvalue weighted by molar-refractivity contribution is 8.14. The normalized spacial score (nSPS) is 18.0. The number of halogens is 1. The van der Waals surface area contributed by atoms with Crippen LogP contribution >= 0.6 is 23.4 Å². The van der Waals surface area contributed by atoms with E-state index in [2.05, 4.69) is 15.2 Å². The first-order valence-electron chi connectivity index (χ1n) is 6.69. The van der Waals surface area contributed by atoms with Crippen LogP contribution in [0.1, 0.15) is 13.3 Å². The molecule has 0 radical (unpaired) electrons. The van der Waals surface area contributed by atoms with Crippen LogP contribution in [0.4, 0.5) is 5.95 Å². The lowest BCUT2D eigenvalue weighted by Gasteiger charge is -2.10. The van der Waals surface area contributed by atoms with Gasteiger partial charge in [0.2, 0.25) is 5.91 Å². The molecule has 0 saturated carbocycles. The average Bonchev–Trinajstić information content (AvgIpc) is 3.05. The topological polar surface area (TPSA) is 79.0 Å². The summed E-state index contributed by atoms with van der Waals surface area (Å²) < 4.78 is 0. The zero-order valence-corrected chi connectivity index (χ0v) is 13.3. The van der Waals surface area contributed by atoms with Gasteiger partial charge in [-0.3, -0.25) is 19.6 Å². The number of hydrogen-bond donors (Lipinski definition) is 1. The van der Waals surface area contributed by atoms with Crippen molar-refractivity contribution < 1.29 is 9.59 Å². The van der Waals surface area contributed by atoms with Gasteiger partial charge in [0.05, 0.1) is 5.02 Å². The Labute approximate surface area is 136 Å². The SMILES string of the molecule is CC(=O)SC1CC(=O)N(c2n[nH]c(-c3ccccc3Cl)n2)C1. The van der Waals surface area contributed by atoms with Crippen LogP contribution in [0.25, 0.3) is 11.4 Å². The summed E-state index contributed by atoms with van der Waals surface area (Å²) in [6.07, 6.45) is 0.320. The molecule has 1 saturated heterocycles. The molecule has 8 heteroatoms. The van der Waals surface area contributed by atoms with Gasteiger partial charge in [0.15, 0.2) is 10.9 Å². The first-order chi connectivity index (χ1) is 10.5. The molecule has 2 aromatic rings. The van der Waals surface area contributed by atoms with Gasteiger partial charge >= 0.3 is 0 Å². The van der Waals surface area contributed by atoms with Crippen LogP contribution in [-0.4, -0.2) is 38.0 Å². The second kappa shape index (κ2) is 6.10. The van der Waals surface area contributed by atoms with Gasteiger partial charge < -0.3 is 0 Å². The maximum Gasteiger partial charge on any atom is 0.251 e. The van der Waals surface area contributed by atoms with Crippen LogP contribution in [0.3, 0.4) is 0 Å². The predicted molar refractivity (Wildman–Crippen MR) is 85.9 cm³/mol. The fraction of sp³-hybridized carbons (Fsp3) is 0.286. The van der Waals surface area contributed by atoms with E-state index < -0.39 is 0 Å². The van der Waals surface area contributed by atoms with Gasteiger partial charge in [-0.1, -0.05) is 35.5 Å². The van der Waals surface area contributed by atoms with E-state index in [0.29, 0.717) is 29.8 Å². The van der Waals surface area contributed by atoms with Crippen molar-refractivity contribution in [3.05, 3.63) is 29.3 Å². The molecule has 114 valence electrons. The number of aromatic amines is 1. The fourth-order valence-electron chi connectivity index (χ4n) is 2.33. The van der Waals surface area contributed by atoms with Crippen molar-refractivity contribution in [2.45, 2.75) is 18.6 Å². The van der Waals surface area contributed by atoms with Crippen molar-refractivity contribution in [3.8, 4) is 11.4 Å². The Bertz CT molecular complexity index is 733. The Morgan fingerprint density at radius 2 is 2.23 bits per heavy atom. The van der Waals surface area contributed by atoms with Crippen molar-refractivity contribution in [1.82, 2.24) is 15.2 Å². The molecular formula is C14H13ClN4O2S. The number of thioether (sulfide) groups is 1. The number of rotatable bonds is 3. The zero-order chi connectivity index (χ0) is 15.7. The van der Waals surface area contributed by atoms with Gasteiger partial charge in [0.1, 0.15) is 0 Å². The minimum atomic E-state index is -0.0801. The van der Waals surface area contributed by atoms with E-state index in [4.69, 9.17) is 11.6 Å². The van der Waals surface area contributed by atoms with Crippen LogP contribution in [0, 0.1) is 0 Å². The summed E-state index contributed by atoms with van der Waals surface area (Å²) in [5.41, 5.74) is 0.726. The molecule has 1 unspecified atom stereocenters. The number of aromatic nitrogens is 3. The third-order valence-corrected chi connectivity index (χ3v) is 4.58. The van der Waals surface area contributed by atoms with Gasteiger partial charge in [0.25, 0.3) is 5.95 Å². The minimum absolute atomic E-state index is 0.00592. The van der Waals surface area contributed by atoms with Crippen molar-refractivity contribution >= 4 is 40.3 Å². The zero-order valence-electron chi connectivity index (χ0n) is 11.7. The van der Waals surface area contributed by atoms with Gasteiger partial charge in [-0.15, -0.1) is 5.10 Å². The Morgan fingerprint density at radius 1 is 1.45 bits per heavy atom. The Hall–Kier alpha value is -1.86. The molecule has 0 bridgehead atoms. The molecule has 3 rings (SSSR count). The predicted octanol–water partition coefficient (Wildman–Crippen LogP) is 2.51. The molecule has 22 heavy (non-hydrogen) atoms. The van der Waals surface area contributed by atoms with E-state index >= 15 is 0 Å². The largest absolute Gasteiger partial charge is 0.288 e. The molecule has 1 amide bonds. The van der Waals surface area contributed by atoms with Crippen molar-refractivity contribution in [3.63, 3.8) is 0 Å². The highest BCUT2D eigenvalue weighted by atomic mass is 35.5. The van der Waals surface area contributed by atoms with Crippen molar-refractivity contribution in [1.29, 1.82) is 0 Å². The maximum atomic E-state index is 12.1. The highest BCUT2D eigenvalue weighted by Gasteiger charge is 2.34. The molecule has 6 nitrogen and oxygen atoms in total. The molecule has 1 aromatic heterocycles. The summed E-state index contributed by atoms with van der Waals surface area (Å²) in [4.78, 5) is 29.1. The summed E-state index contributed by atoms with van der Waals surface area (Å²) >= 11 is 7.31. The molecular weight excluding hydrogens is 324 g/mol. The highest BCUT2D eigenvalue weighted by Crippen LogP contribution is 2.29. The van der Waals surface area contributed by atoms with E-state index in [-0.39, 0.29) is 16.3 Å². The lowest BCUT2D eigenvalue weighted by atomic mass is 10.2. The second-order valence-corrected chi connectivity index (χ2v) is 6.79. The molecule has 0 spiro atoms. The monoisotopic (exact) mass is 336 g/mol. The molecule has 1 aliphatic rings. The van der Waals surface area contributed by atoms with E-state index in [1.165, 1.54) is 23.6 Å². The standard InChI is InChI=1S/C14H13ClN4O2S/c1-8(20)22-9-6-12(21)19(7-9)14-16-13(17-18-14)10-4-2-3-5-11(10)15/h2-5,9H,6-7H2,1H3,(H,16,17,18). The number of benzene rings is 1. The third-order valence-electron chi connectivity index (χ3n) is 3.27. The number of H-pyrrole nitrogens is 1. The molecule has 1 atom stereocenters. The van der Waals surface area contributed by atoms with Crippen LogP contribution < -0.4 is 4.90 Å². The number of carbonyl (C=O) groups is 2. The van der Waals surface area contributed by atoms with Crippen LogP contribution in [0.5, 0.6) is 0 Å². The maximum absolute atomic E-state index is 12.1. The van der Waals surface area contributed by atoms with Crippen LogP contribution in [0.15, 0.2) is 24.3 Å². The molecule has 1 N–H and O–H groups in total. The number of carbonyl (C=O) groups excluding carboxylic acids is 2. The molecule has 2 heterocycles. The van der Waals surface area contributed by atoms with Crippen LogP contribution in [0.2, 0.25) is 5.02 Å². The summed E-state index contributed by atoms with van der Waals surface area (Å²) in [6, 6.07) is 7.27. The smallest absolute Gasteiger partial charge is 0.251 e. The quantitative estimate of drug-likeness (QED) is 0.931. The van der Waals surface area contributed by atoms with Crippen molar-refractivity contribution in [2.24, 2.45) is 0 Å². The van der Waals surface area contributed by atoms with Gasteiger partial charge in [0, 0.05) is 30.7 Å². The van der Waals surface area contributed by atoms with E-state index in [1.54, 1.807) is 6.07 Å². The summed E-state index contributed by atoms with van der Waals surface area (Å²) in [7, 11) is 0. The Kier molecular flexibility index (Phi) is 4.17. The van der Waals surface area contributed by atoms with E-state index in [9.17, 15) is 9.59 Å². The van der Waals surface area contributed by atoms with Gasteiger partial charge in [-0.2, -0.15) is 4.98 Å². The third kappa shape index (κ3) is 3.00. The average molecular weight is 337 g/mol. The number of amides is 1.